The SMILES string of the molecule is Br.Br.Cl.Cl.I. The van der Waals surface area contributed by atoms with E-state index in [1.54, 1.807) is 0 Å². The van der Waals surface area contributed by atoms with E-state index < -0.39 is 0 Å². The Morgan fingerprint density at radius 1 is 0.600 bits per heavy atom. The maximum Gasteiger partial charge on any atom is -0.107 e. The minimum absolute atomic E-state index is 0. The maximum atomic E-state index is 0. The summed E-state index contributed by atoms with van der Waals surface area (Å²) in [5, 5.41) is 0. The molecule has 0 amide bonds. The highest BCUT2D eigenvalue weighted by Gasteiger charge is -0.107. The number of hydrogen-bond donors (Lipinski definition) is 0. The van der Waals surface area contributed by atoms with Crippen LogP contribution >= 0.6 is 82.8 Å². The van der Waals surface area contributed by atoms with Gasteiger partial charge in [-0.3, -0.25) is 0 Å². The largest absolute Gasteiger partial charge is 0.147 e. The average molecular weight is 363 g/mol. The van der Waals surface area contributed by atoms with Gasteiger partial charge in [-0.1, -0.05) is 0 Å². The van der Waals surface area contributed by atoms with E-state index in [1.807, 2.05) is 0 Å². The third kappa shape index (κ3) is 22.2. The zero-order valence-corrected chi connectivity index (χ0v) is 9.43. The Kier molecular flexibility index (Phi) is 375. The van der Waals surface area contributed by atoms with Crippen LogP contribution in [0.4, 0.5) is 0 Å². The topological polar surface area (TPSA) is 0 Å². The molecule has 0 aliphatic heterocycles. The van der Waals surface area contributed by atoms with Crippen molar-refractivity contribution in [3.8, 4) is 0 Å². The fourth-order valence-electron chi connectivity index (χ4n) is 0. The molecule has 0 aliphatic rings. The zero-order chi connectivity index (χ0) is 0. The highest BCUT2D eigenvalue weighted by Crippen LogP contribution is 0.886. The van der Waals surface area contributed by atoms with E-state index in [0.29, 0.717) is 0 Å². The van der Waals surface area contributed by atoms with Gasteiger partial charge >= 0.3 is 0 Å². The van der Waals surface area contributed by atoms with Gasteiger partial charge in [0.25, 0.3) is 0 Å². The lowest BCUT2D eigenvalue weighted by molar-refractivity contribution is 5.85. The molecule has 40 valence electrons. The summed E-state index contributed by atoms with van der Waals surface area (Å²) < 4.78 is 0. The summed E-state index contributed by atoms with van der Waals surface area (Å²) in [7, 11) is 0. The first-order valence-electron chi connectivity index (χ1n) is 0. The lowest BCUT2D eigenvalue weighted by Gasteiger charge is -0.148. The Bertz CT molecular complexity index is 7.61. The third-order valence-corrected chi connectivity index (χ3v) is 0. The van der Waals surface area contributed by atoms with Gasteiger partial charge in [0, 0.05) is 0 Å². The van der Waals surface area contributed by atoms with Crippen LogP contribution in [0, 0.1) is 0 Å². The van der Waals surface area contributed by atoms with Gasteiger partial charge in [0.2, 0.25) is 0 Å². The molecule has 0 rings (SSSR count). The average Bonchev–Trinajstić information content (AvgIpc) is 0. The molecule has 0 radical (unpaired) electrons. The number of halogens is 5. The molecule has 0 fully saturated rings. The molecular formula is H5Br2Cl2I. The Balaban J connectivity index is 0. The second-order valence-corrected chi connectivity index (χ2v) is 0. The lowest BCUT2D eigenvalue weighted by Crippen LogP contribution is 0.688. The molecule has 0 aromatic rings. The van der Waals surface area contributed by atoms with Crippen LogP contribution in [0.1, 0.15) is 0 Å². The van der Waals surface area contributed by atoms with Gasteiger partial charge in [0.15, 0.2) is 0 Å². The summed E-state index contributed by atoms with van der Waals surface area (Å²) in [5.74, 6) is 0. The Labute approximate surface area is 81.8 Å². The molecule has 5 heteroatoms. The lowest BCUT2D eigenvalue weighted by atomic mass is 35.5. The normalized spacial score (nSPS) is 0. The Morgan fingerprint density at radius 2 is 0.600 bits per heavy atom. The first kappa shape index (κ1) is 55.5. The van der Waals surface area contributed by atoms with Crippen molar-refractivity contribution in [2.75, 3.05) is 0 Å². The fourth-order valence-corrected chi connectivity index (χ4v) is 0. The van der Waals surface area contributed by atoms with Crippen molar-refractivity contribution in [3.05, 3.63) is 0 Å². The van der Waals surface area contributed by atoms with Gasteiger partial charge in [-0.15, -0.1) is 82.8 Å². The molecule has 0 atom stereocenters. The highest BCUT2D eigenvalue weighted by molar-refractivity contribution is 14.0. The van der Waals surface area contributed by atoms with Crippen LogP contribution in [0.25, 0.3) is 0 Å². The third-order valence-electron chi connectivity index (χ3n) is 0. The summed E-state index contributed by atoms with van der Waals surface area (Å²) in [6, 6.07) is 0. The van der Waals surface area contributed by atoms with Gasteiger partial charge in [0.05, 0.1) is 0 Å². The summed E-state index contributed by atoms with van der Waals surface area (Å²) in [6.45, 7) is 0. The predicted molar refractivity (Wildman–Crippen MR) is 50.6 cm³/mol. The molecule has 0 heterocycles. The molecule has 0 aromatic heterocycles. The van der Waals surface area contributed by atoms with E-state index in [9.17, 15) is 0 Å². The van der Waals surface area contributed by atoms with Gasteiger partial charge in [-0.05, 0) is 0 Å². The molecule has 0 saturated heterocycles. The Morgan fingerprint density at radius 3 is 0.600 bits per heavy atom. The van der Waals surface area contributed by atoms with Gasteiger partial charge in [-0.2, -0.15) is 0 Å². The molecule has 0 spiro atoms. The first-order chi connectivity index (χ1) is 0. The fraction of sp³-hybridized carbons (Fsp3) is 0. The van der Waals surface area contributed by atoms with E-state index in [2.05, 4.69) is 0 Å². The van der Waals surface area contributed by atoms with Crippen molar-refractivity contribution >= 4 is 82.8 Å². The minimum Gasteiger partial charge on any atom is -0.147 e. The maximum absolute atomic E-state index is 0. The second kappa shape index (κ2) is 33.8. The quantitative estimate of drug-likeness (QED) is 0.581. The second-order valence-electron chi connectivity index (χ2n) is 0. The van der Waals surface area contributed by atoms with Gasteiger partial charge in [0.1, 0.15) is 0 Å². The van der Waals surface area contributed by atoms with Crippen LogP contribution in [0.15, 0.2) is 0 Å². The first-order valence-corrected chi connectivity index (χ1v) is 0. The number of rotatable bonds is 0. The van der Waals surface area contributed by atoms with Crippen molar-refractivity contribution in [3.63, 3.8) is 0 Å². The minimum atomic E-state index is 0. The van der Waals surface area contributed by atoms with Crippen LogP contribution in [0.2, 0.25) is 0 Å². The van der Waals surface area contributed by atoms with Crippen molar-refractivity contribution in [2.45, 2.75) is 0 Å². The molecule has 0 aliphatic carbocycles. The molecule has 0 unspecified atom stereocenters. The number of hydrogen-bond acceptors (Lipinski definition) is 0. The molecule has 5 heavy (non-hydrogen) atoms. The summed E-state index contributed by atoms with van der Waals surface area (Å²) in [4.78, 5) is 0. The smallest absolute Gasteiger partial charge is 0.107 e. The molecule has 0 saturated carbocycles. The van der Waals surface area contributed by atoms with Crippen molar-refractivity contribution in [1.82, 2.24) is 0 Å². The highest BCUT2D eigenvalue weighted by atomic mass is 127. The molecule has 0 nitrogen and oxygen atoms in total. The van der Waals surface area contributed by atoms with E-state index in [4.69, 9.17) is 0 Å². The molecule has 0 bridgehead atoms. The van der Waals surface area contributed by atoms with E-state index in [-0.39, 0.29) is 82.8 Å². The standard InChI is InChI=1S/2BrH.2ClH.HI/h5*1H. The predicted octanol–water partition coefficient (Wildman–Crippen LogP) is 2.62. The van der Waals surface area contributed by atoms with E-state index in [0.717, 1.165) is 0 Å². The van der Waals surface area contributed by atoms with Crippen LogP contribution < -0.4 is 0 Å². The van der Waals surface area contributed by atoms with Gasteiger partial charge < -0.3 is 0 Å². The molecule has 0 aromatic carbocycles. The van der Waals surface area contributed by atoms with Crippen molar-refractivity contribution < 1.29 is 0 Å². The van der Waals surface area contributed by atoms with E-state index in [1.165, 1.54) is 0 Å². The zero-order valence-electron chi connectivity index (χ0n) is 2.04. The van der Waals surface area contributed by atoms with Crippen LogP contribution in [-0.2, 0) is 0 Å². The van der Waals surface area contributed by atoms with Crippen molar-refractivity contribution in [2.24, 2.45) is 0 Å². The van der Waals surface area contributed by atoms with Gasteiger partial charge in [-0.25, -0.2) is 0 Å². The molecular weight excluding hydrogens is 358 g/mol. The van der Waals surface area contributed by atoms with E-state index >= 15 is 0 Å². The summed E-state index contributed by atoms with van der Waals surface area (Å²) in [6.07, 6.45) is 0. The summed E-state index contributed by atoms with van der Waals surface area (Å²) >= 11 is 0. The van der Waals surface area contributed by atoms with Crippen LogP contribution in [0.3, 0.4) is 0 Å². The summed E-state index contributed by atoms with van der Waals surface area (Å²) in [5.41, 5.74) is 0. The Hall–Kier alpha value is 2.27. The molecule has 0 N–H and O–H groups in total. The van der Waals surface area contributed by atoms with Crippen LogP contribution in [0.5, 0.6) is 0 Å². The van der Waals surface area contributed by atoms with Crippen LogP contribution in [-0.4, -0.2) is 0 Å². The monoisotopic (exact) mass is 360 g/mol. The van der Waals surface area contributed by atoms with Crippen molar-refractivity contribution in [1.29, 1.82) is 0 Å².